The highest BCUT2D eigenvalue weighted by molar-refractivity contribution is 7.89. The average molecular weight is 415 g/mol. The van der Waals surface area contributed by atoms with Crippen LogP contribution in [-0.4, -0.2) is 59.3 Å². The van der Waals surface area contributed by atoms with Gasteiger partial charge in [0.25, 0.3) is 0 Å². The number of aromatic nitrogens is 2. The van der Waals surface area contributed by atoms with Crippen LogP contribution in [0.5, 0.6) is 0 Å². The summed E-state index contributed by atoms with van der Waals surface area (Å²) in [5.41, 5.74) is 2.04. The Morgan fingerprint density at radius 2 is 1.62 bits per heavy atom. The highest BCUT2D eigenvalue weighted by Gasteiger charge is 2.36. The number of hydrogen-bond acceptors (Lipinski definition) is 4. The summed E-state index contributed by atoms with van der Waals surface area (Å²) in [6.45, 7) is 5.95. The van der Waals surface area contributed by atoms with E-state index in [0.29, 0.717) is 24.1 Å². The van der Waals surface area contributed by atoms with Crippen LogP contribution < -0.4 is 5.69 Å². The van der Waals surface area contributed by atoms with Crippen LogP contribution in [-0.2, 0) is 16.4 Å². The highest BCUT2D eigenvalue weighted by Crippen LogP contribution is 2.25. The monoisotopic (exact) mass is 414 g/mol. The van der Waals surface area contributed by atoms with Crippen molar-refractivity contribution in [1.29, 1.82) is 0 Å². The normalized spacial score (nSPS) is 21.6. The third-order valence-corrected chi connectivity index (χ3v) is 7.52. The number of imidazole rings is 1. The van der Waals surface area contributed by atoms with E-state index in [1.165, 1.54) is 11.6 Å². The van der Waals surface area contributed by atoms with Crippen molar-refractivity contribution >= 4 is 21.1 Å². The average Bonchev–Trinajstić information content (AvgIpc) is 3.07. The first-order valence-electron chi connectivity index (χ1n) is 9.86. The van der Waals surface area contributed by atoms with Crippen molar-refractivity contribution in [3.63, 3.8) is 0 Å². The first kappa shape index (κ1) is 19.9. The zero-order valence-corrected chi connectivity index (χ0v) is 17.4. The lowest BCUT2D eigenvalue weighted by Gasteiger charge is -2.43. The predicted molar refractivity (Wildman–Crippen MR) is 113 cm³/mol. The number of hydrogen-bond donors (Lipinski definition) is 2. The van der Waals surface area contributed by atoms with Crippen LogP contribution in [0.4, 0.5) is 0 Å². The van der Waals surface area contributed by atoms with Crippen molar-refractivity contribution in [2.45, 2.75) is 37.2 Å². The first-order chi connectivity index (χ1) is 13.8. The number of rotatable bonds is 5. The van der Waals surface area contributed by atoms with E-state index >= 15 is 0 Å². The van der Waals surface area contributed by atoms with Gasteiger partial charge in [0.1, 0.15) is 0 Å². The van der Waals surface area contributed by atoms with Gasteiger partial charge in [0, 0.05) is 31.7 Å². The molecule has 0 amide bonds. The summed E-state index contributed by atoms with van der Waals surface area (Å²) in [7, 11) is -3.63. The van der Waals surface area contributed by atoms with E-state index in [1.54, 1.807) is 16.4 Å². The fraction of sp³-hybridized carbons (Fsp3) is 0.381. The van der Waals surface area contributed by atoms with Crippen LogP contribution in [0, 0.1) is 0 Å². The first-order valence-corrected chi connectivity index (χ1v) is 11.3. The second-order valence-electron chi connectivity index (χ2n) is 7.78. The van der Waals surface area contributed by atoms with Crippen molar-refractivity contribution in [3.8, 4) is 0 Å². The minimum absolute atomic E-state index is 0.119. The van der Waals surface area contributed by atoms with E-state index in [2.05, 4.69) is 40.8 Å². The van der Waals surface area contributed by atoms with E-state index in [1.807, 2.05) is 18.2 Å². The lowest BCUT2D eigenvalue weighted by atomic mass is 10.1. The second-order valence-corrected chi connectivity index (χ2v) is 9.72. The number of nitrogens with one attached hydrogen (secondary N) is 2. The molecule has 0 aliphatic carbocycles. The Morgan fingerprint density at radius 1 is 0.966 bits per heavy atom. The Hall–Kier alpha value is -2.42. The molecule has 7 nitrogen and oxygen atoms in total. The van der Waals surface area contributed by atoms with E-state index in [0.717, 1.165) is 13.0 Å². The predicted octanol–water partition coefficient (Wildman–Crippen LogP) is 2.18. The molecular weight excluding hydrogens is 388 g/mol. The molecule has 2 aromatic carbocycles. The number of nitrogens with zero attached hydrogens (tertiary/aromatic N) is 2. The molecule has 2 unspecified atom stereocenters. The van der Waals surface area contributed by atoms with Crippen molar-refractivity contribution in [1.82, 2.24) is 19.2 Å². The Labute approximate surface area is 170 Å². The smallest absolute Gasteiger partial charge is 0.306 e. The second kappa shape index (κ2) is 7.78. The molecule has 29 heavy (non-hydrogen) atoms. The van der Waals surface area contributed by atoms with Crippen LogP contribution in [0.15, 0.2) is 58.2 Å². The Bertz CT molecular complexity index is 1140. The van der Waals surface area contributed by atoms with Gasteiger partial charge >= 0.3 is 5.69 Å². The molecule has 2 atom stereocenters. The SMILES string of the molecule is CC1CN(S(=O)(=O)c2ccc3[nH]c(=O)[nH]c3c2)CC(C)N1CCc1ccccc1. The largest absolute Gasteiger partial charge is 0.323 e. The standard InChI is InChI=1S/C21H26N4O3S/c1-15-13-24(14-16(2)25(15)11-10-17-6-4-3-5-7-17)29(27,28)18-8-9-19-20(12-18)23-21(26)22-19/h3-9,12,15-16H,10-11,13-14H2,1-2H3,(H2,22,23,26). The van der Waals surface area contributed by atoms with Gasteiger partial charge in [-0.25, -0.2) is 13.2 Å². The third-order valence-electron chi connectivity index (χ3n) is 5.69. The van der Waals surface area contributed by atoms with Gasteiger partial charge in [0.2, 0.25) is 10.0 Å². The van der Waals surface area contributed by atoms with E-state index in [-0.39, 0.29) is 22.7 Å². The summed E-state index contributed by atoms with van der Waals surface area (Å²) >= 11 is 0. The third kappa shape index (κ3) is 4.01. The number of benzene rings is 2. The van der Waals surface area contributed by atoms with E-state index in [9.17, 15) is 13.2 Å². The lowest BCUT2D eigenvalue weighted by molar-refractivity contribution is 0.0784. The zero-order chi connectivity index (χ0) is 20.6. The molecule has 1 aromatic heterocycles. The van der Waals surface area contributed by atoms with Gasteiger partial charge in [0.15, 0.2) is 0 Å². The van der Waals surface area contributed by atoms with Crippen LogP contribution in [0.1, 0.15) is 19.4 Å². The summed E-state index contributed by atoms with van der Waals surface area (Å²) in [6, 6.07) is 15.3. The summed E-state index contributed by atoms with van der Waals surface area (Å²) in [4.78, 5) is 19.3. The lowest BCUT2D eigenvalue weighted by Crippen LogP contribution is -2.58. The van der Waals surface area contributed by atoms with Gasteiger partial charge in [-0.15, -0.1) is 0 Å². The van der Waals surface area contributed by atoms with Crippen LogP contribution in [0.3, 0.4) is 0 Å². The van der Waals surface area contributed by atoms with Gasteiger partial charge in [-0.2, -0.15) is 4.31 Å². The molecule has 0 saturated carbocycles. The molecule has 8 heteroatoms. The minimum Gasteiger partial charge on any atom is -0.306 e. The number of sulfonamides is 1. The molecule has 2 N–H and O–H groups in total. The van der Waals surface area contributed by atoms with Gasteiger partial charge < -0.3 is 9.97 Å². The quantitative estimate of drug-likeness (QED) is 0.670. The van der Waals surface area contributed by atoms with Crippen LogP contribution >= 0.6 is 0 Å². The van der Waals surface area contributed by atoms with E-state index in [4.69, 9.17) is 0 Å². The molecule has 2 heterocycles. The van der Waals surface area contributed by atoms with Gasteiger partial charge in [0.05, 0.1) is 15.9 Å². The number of fused-ring (bicyclic) bond motifs is 1. The topological polar surface area (TPSA) is 89.3 Å². The Kier molecular flexibility index (Phi) is 5.33. The number of H-pyrrole nitrogens is 2. The van der Waals surface area contributed by atoms with Crippen molar-refractivity contribution in [3.05, 3.63) is 64.6 Å². The maximum absolute atomic E-state index is 13.2. The minimum atomic E-state index is -3.63. The Balaban J connectivity index is 1.50. The maximum atomic E-state index is 13.2. The molecule has 1 saturated heterocycles. The molecule has 1 aliphatic heterocycles. The fourth-order valence-corrected chi connectivity index (χ4v) is 5.80. The van der Waals surface area contributed by atoms with Gasteiger partial charge in [-0.05, 0) is 44.0 Å². The molecule has 1 fully saturated rings. The summed E-state index contributed by atoms with van der Waals surface area (Å²) in [5.74, 6) is 0. The van der Waals surface area contributed by atoms with Gasteiger partial charge in [-0.3, -0.25) is 4.90 Å². The summed E-state index contributed by atoms with van der Waals surface area (Å²) < 4.78 is 28.0. The maximum Gasteiger partial charge on any atom is 0.323 e. The molecule has 154 valence electrons. The molecule has 0 radical (unpaired) electrons. The molecule has 0 spiro atoms. The zero-order valence-electron chi connectivity index (χ0n) is 16.6. The molecule has 3 aromatic rings. The molecule has 1 aliphatic rings. The molecule has 4 rings (SSSR count). The van der Waals surface area contributed by atoms with Crippen molar-refractivity contribution in [2.24, 2.45) is 0 Å². The van der Waals surface area contributed by atoms with Gasteiger partial charge in [-0.1, -0.05) is 30.3 Å². The number of piperazine rings is 1. The molecular formula is C21H26N4O3S. The van der Waals surface area contributed by atoms with Crippen LogP contribution in [0.2, 0.25) is 0 Å². The summed E-state index contributed by atoms with van der Waals surface area (Å²) in [6.07, 6.45) is 0.944. The number of aromatic amines is 2. The fourth-order valence-electron chi connectivity index (χ4n) is 4.17. The van der Waals surface area contributed by atoms with Crippen molar-refractivity contribution in [2.75, 3.05) is 19.6 Å². The highest BCUT2D eigenvalue weighted by atomic mass is 32.2. The van der Waals surface area contributed by atoms with Crippen molar-refractivity contribution < 1.29 is 8.42 Å². The van der Waals surface area contributed by atoms with E-state index < -0.39 is 10.0 Å². The van der Waals surface area contributed by atoms with Crippen LogP contribution in [0.25, 0.3) is 11.0 Å². The Morgan fingerprint density at radius 3 is 2.31 bits per heavy atom. The summed E-state index contributed by atoms with van der Waals surface area (Å²) in [5, 5.41) is 0. The molecule has 0 bridgehead atoms.